The van der Waals surface area contributed by atoms with Gasteiger partial charge in [0.25, 0.3) is 5.91 Å². The molecule has 3 nitrogen and oxygen atoms in total. The Balaban J connectivity index is 2.43. The molecule has 0 aromatic heterocycles. The molecule has 0 aromatic carbocycles. The van der Waals surface area contributed by atoms with Crippen LogP contribution in [-0.4, -0.2) is 37.8 Å². The van der Waals surface area contributed by atoms with Crippen LogP contribution in [0.3, 0.4) is 0 Å². The Morgan fingerprint density at radius 2 is 1.94 bits per heavy atom. The molecule has 0 aliphatic carbocycles. The summed E-state index contributed by atoms with van der Waals surface area (Å²) < 4.78 is 65.5. The smallest absolute Gasteiger partial charge is 0.381 e. The Morgan fingerprint density at radius 3 is 2.41 bits per heavy atom. The summed E-state index contributed by atoms with van der Waals surface area (Å²) in [7, 11) is 0. The molecule has 8 heteroatoms. The Bertz CT molecular complexity index is 273. The maximum absolute atomic E-state index is 12.5. The predicted molar refractivity (Wildman–Crippen MR) is 47.6 cm³/mol. The van der Waals surface area contributed by atoms with E-state index in [-0.39, 0.29) is 19.1 Å². The van der Waals surface area contributed by atoms with Crippen molar-refractivity contribution >= 4 is 5.91 Å². The lowest BCUT2D eigenvalue weighted by Crippen LogP contribution is -2.51. The van der Waals surface area contributed by atoms with Gasteiger partial charge >= 0.3 is 12.1 Å². The molecule has 0 bridgehead atoms. The fourth-order valence-corrected chi connectivity index (χ4v) is 1.45. The highest BCUT2D eigenvalue weighted by Gasteiger charge is 2.63. The summed E-state index contributed by atoms with van der Waals surface area (Å²) in [4.78, 5) is 10.7. The minimum atomic E-state index is -5.86. The minimum Gasteiger partial charge on any atom is -0.381 e. The largest absolute Gasteiger partial charge is 0.463 e. The average molecular weight is 261 g/mol. The molecule has 0 spiro atoms. The molecule has 1 aliphatic heterocycles. The summed E-state index contributed by atoms with van der Waals surface area (Å²) in [5.41, 5.74) is 0. The Hall–Kier alpha value is -0.920. The van der Waals surface area contributed by atoms with E-state index >= 15 is 0 Å². The monoisotopic (exact) mass is 261 g/mol. The topological polar surface area (TPSA) is 38.3 Å². The number of amides is 1. The third kappa shape index (κ3) is 3.52. The van der Waals surface area contributed by atoms with Gasteiger partial charge in [-0.15, -0.1) is 0 Å². The molecule has 1 atom stereocenters. The van der Waals surface area contributed by atoms with Crippen molar-refractivity contribution in [3.8, 4) is 0 Å². The molecule has 0 radical (unpaired) electrons. The van der Waals surface area contributed by atoms with E-state index in [0.717, 1.165) is 0 Å². The fraction of sp³-hybridized carbons (Fsp3) is 0.889. The first kappa shape index (κ1) is 14.1. The standard InChI is InChI=1S/C9H12F5NO2/c10-8(11,9(12,13)14)7(16)15-4-6-2-1-3-17-5-6/h6H,1-5H2,(H,15,16). The van der Waals surface area contributed by atoms with Gasteiger partial charge in [-0.1, -0.05) is 0 Å². The lowest BCUT2D eigenvalue weighted by Gasteiger charge is -2.24. The normalized spacial score (nSPS) is 22.3. The van der Waals surface area contributed by atoms with Crippen LogP contribution < -0.4 is 5.32 Å². The molecule has 1 rings (SSSR count). The van der Waals surface area contributed by atoms with Gasteiger partial charge in [-0.05, 0) is 18.8 Å². The molecule has 0 aromatic rings. The first-order valence-electron chi connectivity index (χ1n) is 5.05. The Labute approximate surface area is 94.3 Å². The third-order valence-electron chi connectivity index (χ3n) is 2.45. The molecule has 100 valence electrons. The van der Waals surface area contributed by atoms with Gasteiger partial charge in [0.2, 0.25) is 0 Å². The molecule has 0 saturated carbocycles. The van der Waals surface area contributed by atoms with E-state index in [1.807, 2.05) is 0 Å². The zero-order valence-corrected chi connectivity index (χ0v) is 8.82. The number of nitrogens with one attached hydrogen (secondary N) is 1. The summed E-state index contributed by atoms with van der Waals surface area (Å²) in [6.45, 7) is 0.575. The van der Waals surface area contributed by atoms with Crippen molar-refractivity contribution in [3.05, 3.63) is 0 Å². The van der Waals surface area contributed by atoms with Crippen LogP contribution in [0, 0.1) is 5.92 Å². The maximum Gasteiger partial charge on any atom is 0.463 e. The first-order chi connectivity index (χ1) is 7.75. The number of rotatable bonds is 3. The van der Waals surface area contributed by atoms with Crippen molar-refractivity contribution in [2.45, 2.75) is 24.9 Å². The van der Waals surface area contributed by atoms with E-state index in [1.165, 1.54) is 0 Å². The lowest BCUT2D eigenvalue weighted by molar-refractivity contribution is -0.269. The summed E-state index contributed by atoms with van der Waals surface area (Å²) in [5, 5.41) is 1.61. The van der Waals surface area contributed by atoms with Crippen molar-refractivity contribution in [1.29, 1.82) is 0 Å². The zero-order chi connectivity index (χ0) is 13.1. The highest BCUT2D eigenvalue weighted by atomic mass is 19.4. The van der Waals surface area contributed by atoms with E-state index in [4.69, 9.17) is 4.74 Å². The van der Waals surface area contributed by atoms with Crippen LogP contribution in [-0.2, 0) is 9.53 Å². The molecule has 17 heavy (non-hydrogen) atoms. The van der Waals surface area contributed by atoms with Crippen LogP contribution in [0.5, 0.6) is 0 Å². The lowest BCUT2D eigenvalue weighted by atomic mass is 10.0. The number of halogens is 5. The van der Waals surface area contributed by atoms with E-state index in [2.05, 4.69) is 0 Å². The average Bonchev–Trinajstić information content (AvgIpc) is 2.25. The van der Waals surface area contributed by atoms with Gasteiger partial charge in [0.1, 0.15) is 0 Å². The van der Waals surface area contributed by atoms with Crippen molar-refractivity contribution < 1.29 is 31.5 Å². The van der Waals surface area contributed by atoms with Crippen LogP contribution in [0.25, 0.3) is 0 Å². The van der Waals surface area contributed by atoms with Gasteiger partial charge in [-0.25, -0.2) is 0 Å². The van der Waals surface area contributed by atoms with Crippen molar-refractivity contribution in [2.75, 3.05) is 19.8 Å². The highest BCUT2D eigenvalue weighted by Crippen LogP contribution is 2.35. The molecular formula is C9H12F5NO2. The molecule has 1 amide bonds. The van der Waals surface area contributed by atoms with Gasteiger partial charge < -0.3 is 10.1 Å². The number of carbonyl (C=O) groups excluding carboxylic acids is 1. The molecule has 1 heterocycles. The molecular weight excluding hydrogens is 249 g/mol. The molecule has 1 saturated heterocycles. The summed E-state index contributed by atoms with van der Waals surface area (Å²) in [6.07, 6.45) is -4.52. The van der Waals surface area contributed by atoms with E-state index in [1.54, 1.807) is 5.32 Å². The van der Waals surface area contributed by atoms with Gasteiger partial charge in [0.15, 0.2) is 0 Å². The van der Waals surface area contributed by atoms with E-state index in [9.17, 15) is 26.7 Å². The van der Waals surface area contributed by atoms with Crippen molar-refractivity contribution in [1.82, 2.24) is 5.32 Å². The fourth-order valence-electron chi connectivity index (χ4n) is 1.45. The SMILES string of the molecule is O=C(NCC1CCCOC1)C(F)(F)C(F)(F)F. The first-order valence-corrected chi connectivity index (χ1v) is 5.05. The Morgan fingerprint density at radius 1 is 1.29 bits per heavy atom. The quantitative estimate of drug-likeness (QED) is 0.786. The number of carbonyl (C=O) groups is 1. The number of alkyl halides is 5. The molecule has 1 aliphatic rings. The van der Waals surface area contributed by atoms with Crippen molar-refractivity contribution in [3.63, 3.8) is 0 Å². The number of ether oxygens (including phenoxy) is 1. The van der Waals surface area contributed by atoms with E-state index in [0.29, 0.717) is 19.4 Å². The third-order valence-corrected chi connectivity index (χ3v) is 2.45. The van der Waals surface area contributed by atoms with Gasteiger partial charge in [0, 0.05) is 13.2 Å². The number of hydrogen-bond donors (Lipinski definition) is 1. The molecule has 1 fully saturated rings. The Kier molecular flexibility index (Phi) is 4.29. The maximum atomic E-state index is 12.5. The molecule has 1 unspecified atom stereocenters. The van der Waals surface area contributed by atoms with Crippen LogP contribution >= 0.6 is 0 Å². The van der Waals surface area contributed by atoms with Crippen LogP contribution in [0.15, 0.2) is 0 Å². The predicted octanol–water partition coefficient (Wildman–Crippen LogP) is 1.73. The van der Waals surface area contributed by atoms with Crippen LogP contribution in [0.4, 0.5) is 22.0 Å². The van der Waals surface area contributed by atoms with Gasteiger partial charge in [-0.2, -0.15) is 22.0 Å². The van der Waals surface area contributed by atoms with Gasteiger partial charge in [0.05, 0.1) is 6.61 Å². The number of hydrogen-bond acceptors (Lipinski definition) is 2. The van der Waals surface area contributed by atoms with Crippen LogP contribution in [0.1, 0.15) is 12.8 Å². The zero-order valence-electron chi connectivity index (χ0n) is 8.82. The highest BCUT2D eigenvalue weighted by molar-refractivity contribution is 5.84. The second-order valence-electron chi connectivity index (χ2n) is 3.87. The minimum absolute atomic E-state index is 0.211. The van der Waals surface area contributed by atoms with Crippen molar-refractivity contribution in [2.24, 2.45) is 5.92 Å². The molecule has 1 N–H and O–H groups in total. The van der Waals surface area contributed by atoms with Gasteiger partial charge in [-0.3, -0.25) is 4.79 Å². The second kappa shape index (κ2) is 5.16. The summed E-state index contributed by atoms with van der Waals surface area (Å²) in [5.74, 6) is -7.87. The van der Waals surface area contributed by atoms with Crippen LogP contribution in [0.2, 0.25) is 0 Å². The van der Waals surface area contributed by atoms with E-state index < -0.39 is 18.0 Å². The summed E-state index contributed by atoms with van der Waals surface area (Å²) >= 11 is 0. The second-order valence-corrected chi connectivity index (χ2v) is 3.87. The summed E-state index contributed by atoms with van der Waals surface area (Å²) in [6, 6.07) is 0.